The van der Waals surface area contributed by atoms with Crippen molar-refractivity contribution in [3.8, 4) is 11.1 Å². The molecule has 0 spiro atoms. The lowest BCUT2D eigenvalue weighted by Crippen LogP contribution is -2.14. The number of rotatable bonds is 1. The molecule has 0 atom stereocenters. The van der Waals surface area contributed by atoms with Crippen molar-refractivity contribution in [1.82, 2.24) is 20.2 Å². The summed E-state index contributed by atoms with van der Waals surface area (Å²) in [5.74, 6) is -2.09. The van der Waals surface area contributed by atoms with E-state index in [0.29, 0.717) is 27.4 Å². The number of anilines is 1. The van der Waals surface area contributed by atoms with Gasteiger partial charge in [0.25, 0.3) is 5.56 Å². The molecule has 0 unspecified atom stereocenters. The number of pyridine rings is 2. The molecule has 6 N–H and O–H groups in total. The van der Waals surface area contributed by atoms with Crippen LogP contribution in [0.5, 0.6) is 0 Å². The molecule has 0 aliphatic heterocycles. The fourth-order valence-electron chi connectivity index (χ4n) is 3.74. The van der Waals surface area contributed by atoms with Crippen molar-refractivity contribution >= 4 is 50.8 Å². The molecule has 0 saturated carbocycles. The number of aromatic nitrogens is 4. The maximum Gasteiger partial charge on any atom is 0.272 e. The van der Waals surface area contributed by atoms with E-state index in [1.165, 1.54) is 6.20 Å². The number of nitrogen functional groups attached to an aromatic ring is 1. The number of aryl methyl sites for hydroxylation is 1. The van der Waals surface area contributed by atoms with Gasteiger partial charge < -0.3 is 16.2 Å². The Kier molecular flexibility index (Phi) is 5.19. The molecular formula is C20H16ClF2N5O2. The van der Waals surface area contributed by atoms with Crippen LogP contribution < -0.4 is 11.3 Å². The maximum absolute atomic E-state index is 14.3. The first-order valence-corrected chi connectivity index (χ1v) is 8.48. The minimum atomic E-state index is -1.06. The molecule has 3 aromatic heterocycles. The van der Waals surface area contributed by atoms with E-state index in [0.717, 1.165) is 22.5 Å². The Morgan fingerprint density at radius 1 is 1.10 bits per heavy atom. The zero-order valence-corrected chi connectivity index (χ0v) is 16.3. The second-order valence-corrected chi connectivity index (χ2v) is 6.64. The number of hydrogen-bond acceptors (Lipinski definition) is 4. The van der Waals surface area contributed by atoms with E-state index in [2.05, 4.69) is 20.2 Å². The highest BCUT2D eigenvalue weighted by Gasteiger charge is 2.21. The van der Waals surface area contributed by atoms with Gasteiger partial charge in [-0.3, -0.25) is 14.9 Å². The van der Waals surface area contributed by atoms with Crippen LogP contribution in [0.25, 0.3) is 43.8 Å². The van der Waals surface area contributed by atoms with Crippen molar-refractivity contribution in [2.45, 2.75) is 6.92 Å². The molecule has 0 saturated heterocycles. The minimum absolute atomic E-state index is 0. The number of nitrogens with two attached hydrogens (primary N) is 1. The van der Waals surface area contributed by atoms with Gasteiger partial charge in [-0.2, -0.15) is 5.10 Å². The second-order valence-electron chi connectivity index (χ2n) is 6.64. The smallest absolute Gasteiger partial charge is 0.272 e. The topological polar surface area (TPSA) is 132 Å². The molecule has 30 heavy (non-hydrogen) atoms. The lowest BCUT2D eigenvalue weighted by atomic mass is 9.94. The Morgan fingerprint density at radius 2 is 1.87 bits per heavy atom. The van der Waals surface area contributed by atoms with Crippen LogP contribution in [0.1, 0.15) is 5.56 Å². The fraction of sp³-hybridized carbons (Fsp3) is 0.0500. The summed E-state index contributed by atoms with van der Waals surface area (Å²) in [4.78, 5) is 19.8. The van der Waals surface area contributed by atoms with Crippen molar-refractivity contribution in [2.75, 3.05) is 5.73 Å². The van der Waals surface area contributed by atoms with E-state index in [1.54, 1.807) is 12.3 Å². The number of H-pyrrole nitrogens is 2. The number of halogens is 3. The number of fused-ring (bicyclic) bond motifs is 4. The van der Waals surface area contributed by atoms with Gasteiger partial charge in [0.15, 0.2) is 11.6 Å². The van der Waals surface area contributed by atoms with Gasteiger partial charge in [-0.1, -0.05) is 0 Å². The zero-order valence-electron chi connectivity index (χ0n) is 15.5. The number of hydrogen-bond donors (Lipinski definition) is 3. The highest BCUT2D eigenvalue weighted by atomic mass is 35.5. The average Bonchev–Trinajstić information content (AvgIpc) is 3.18. The predicted molar refractivity (Wildman–Crippen MR) is 115 cm³/mol. The molecule has 5 aromatic rings. The monoisotopic (exact) mass is 431 g/mol. The molecule has 2 aromatic carbocycles. The number of aromatic amines is 2. The summed E-state index contributed by atoms with van der Waals surface area (Å²) in [7, 11) is 0. The third kappa shape index (κ3) is 2.78. The van der Waals surface area contributed by atoms with Crippen LogP contribution in [0, 0.1) is 18.6 Å². The van der Waals surface area contributed by atoms with E-state index in [-0.39, 0.29) is 29.1 Å². The first kappa shape index (κ1) is 21.2. The van der Waals surface area contributed by atoms with Gasteiger partial charge in [0, 0.05) is 27.9 Å². The molecule has 7 nitrogen and oxygen atoms in total. The van der Waals surface area contributed by atoms with E-state index >= 15 is 0 Å². The Bertz CT molecular complexity index is 1500. The van der Waals surface area contributed by atoms with E-state index < -0.39 is 17.2 Å². The first-order valence-electron chi connectivity index (χ1n) is 8.48. The quantitative estimate of drug-likeness (QED) is 0.351. The molecule has 0 fully saturated rings. The SMILES string of the molecule is Cc1cc2c(-c3cc(F)c(F)c4[nH]ncc34)c(N)c(=O)[nH]c2c2cccnc12.Cl.O. The summed E-state index contributed by atoms with van der Waals surface area (Å²) in [5.41, 5.74) is 8.19. The summed E-state index contributed by atoms with van der Waals surface area (Å²) in [6, 6.07) is 6.48. The third-order valence-corrected chi connectivity index (χ3v) is 5.00. The lowest BCUT2D eigenvalue weighted by molar-refractivity contribution is 0.515. The molecule has 0 radical (unpaired) electrons. The van der Waals surface area contributed by atoms with Crippen LogP contribution in [0.2, 0.25) is 0 Å². The number of nitrogens with zero attached hydrogens (tertiary/aromatic N) is 2. The summed E-state index contributed by atoms with van der Waals surface area (Å²) < 4.78 is 28.4. The van der Waals surface area contributed by atoms with Crippen molar-refractivity contribution in [3.63, 3.8) is 0 Å². The van der Waals surface area contributed by atoms with Gasteiger partial charge in [-0.05, 0) is 42.3 Å². The van der Waals surface area contributed by atoms with E-state index in [9.17, 15) is 13.6 Å². The Morgan fingerprint density at radius 3 is 2.63 bits per heavy atom. The van der Waals surface area contributed by atoms with Gasteiger partial charge >= 0.3 is 0 Å². The van der Waals surface area contributed by atoms with Crippen LogP contribution in [0.4, 0.5) is 14.5 Å². The molecule has 0 aliphatic rings. The van der Waals surface area contributed by atoms with Gasteiger partial charge in [0.05, 0.1) is 17.2 Å². The van der Waals surface area contributed by atoms with Gasteiger partial charge in [-0.15, -0.1) is 12.4 Å². The Hall–Kier alpha value is -3.56. The van der Waals surface area contributed by atoms with Crippen LogP contribution in [0.3, 0.4) is 0 Å². The summed E-state index contributed by atoms with van der Waals surface area (Å²) >= 11 is 0. The molecule has 0 aliphatic carbocycles. The summed E-state index contributed by atoms with van der Waals surface area (Å²) in [6.07, 6.45) is 3.05. The van der Waals surface area contributed by atoms with Crippen LogP contribution >= 0.6 is 12.4 Å². The first-order chi connectivity index (χ1) is 13.5. The van der Waals surface area contributed by atoms with Gasteiger partial charge in [0.2, 0.25) is 0 Å². The summed E-state index contributed by atoms with van der Waals surface area (Å²) in [5, 5.41) is 7.97. The standard InChI is InChI=1S/C20H13F2N5O.ClH.H2O/c1-8-5-11-14(10-6-13(21)15(22)19-12(10)7-25-27-19)16(23)20(28)26-18(11)9-3-2-4-24-17(8)9;;/h2-7H,23H2,1H3,(H,25,27)(H,26,28);1H;1H2. The lowest BCUT2D eigenvalue weighted by Gasteiger charge is -2.14. The van der Waals surface area contributed by atoms with E-state index in [4.69, 9.17) is 5.73 Å². The second kappa shape index (κ2) is 7.36. The van der Waals surface area contributed by atoms with Crippen LogP contribution in [-0.2, 0) is 0 Å². The third-order valence-electron chi connectivity index (χ3n) is 5.00. The average molecular weight is 432 g/mol. The van der Waals surface area contributed by atoms with Crippen molar-refractivity contribution in [2.24, 2.45) is 0 Å². The minimum Gasteiger partial charge on any atom is -0.412 e. The largest absolute Gasteiger partial charge is 0.412 e. The molecule has 154 valence electrons. The Labute approximate surface area is 173 Å². The number of nitrogens with one attached hydrogen (secondary N) is 2. The van der Waals surface area contributed by atoms with Crippen molar-refractivity contribution < 1.29 is 14.3 Å². The summed E-state index contributed by atoms with van der Waals surface area (Å²) in [6.45, 7) is 1.89. The molecule has 10 heteroatoms. The highest BCUT2D eigenvalue weighted by Crippen LogP contribution is 2.39. The van der Waals surface area contributed by atoms with Crippen LogP contribution in [-0.4, -0.2) is 25.6 Å². The predicted octanol–water partition coefficient (Wildman–Crippen LogP) is 3.39. The normalized spacial score (nSPS) is 10.9. The zero-order chi connectivity index (χ0) is 19.6. The van der Waals surface area contributed by atoms with Gasteiger partial charge in [-0.25, -0.2) is 8.78 Å². The Balaban J connectivity index is 0.00000128. The van der Waals surface area contributed by atoms with Crippen molar-refractivity contribution in [1.29, 1.82) is 0 Å². The molecule has 3 heterocycles. The van der Waals surface area contributed by atoms with Gasteiger partial charge in [0.1, 0.15) is 11.2 Å². The fourth-order valence-corrected chi connectivity index (χ4v) is 3.74. The van der Waals surface area contributed by atoms with Crippen LogP contribution in [0.15, 0.2) is 41.5 Å². The molecule has 0 amide bonds. The molecule has 0 bridgehead atoms. The molecular weight excluding hydrogens is 416 g/mol. The number of benzene rings is 2. The highest BCUT2D eigenvalue weighted by molar-refractivity contribution is 6.14. The van der Waals surface area contributed by atoms with Crippen molar-refractivity contribution in [3.05, 3.63) is 64.2 Å². The molecule has 5 rings (SSSR count). The maximum atomic E-state index is 14.3. The van der Waals surface area contributed by atoms with E-state index in [1.807, 2.05) is 19.1 Å².